The van der Waals surface area contributed by atoms with Crippen molar-refractivity contribution in [2.45, 2.75) is 39.5 Å². The van der Waals surface area contributed by atoms with Crippen LogP contribution in [0.3, 0.4) is 0 Å². The Morgan fingerprint density at radius 1 is 1.20 bits per heavy atom. The van der Waals surface area contributed by atoms with Crippen LogP contribution in [0.25, 0.3) is 0 Å². The number of piperidine rings is 1. The maximum atomic E-state index is 11.8. The average molecular weight is 213 g/mol. The van der Waals surface area contributed by atoms with Crippen LogP contribution in [0.5, 0.6) is 0 Å². The van der Waals surface area contributed by atoms with Gasteiger partial charge in [-0.15, -0.1) is 0 Å². The molecule has 0 bridgehead atoms. The van der Waals surface area contributed by atoms with E-state index in [1.165, 1.54) is 6.42 Å². The van der Waals surface area contributed by atoms with E-state index in [2.05, 4.69) is 0 Å². The van der Waals surface area contributed by atoms with Gasteiger partial charge in [0.15, 0.2) is 0 Å². The van der Waals surface area contributed by atoms with E-state index in [9.17, 15) is 9.59 Å². The number of likely N-dealkylation sites (tertiary alicyclic amines) is 1. The number of hydrogen-bond donors (Lipinski definition) is 1. The van der Waals surface area contributed by atoms with Crippen LogP contribution >= 0.6 is 0 Å². The Kier molecular flexibility index (Phi) is 3.72. The lowest BCUT2D eigenvalue weighted by atomic mass is 9.88. The summed E-state index contributed by atoms with van der Waals surface area (Å²) in [5.41, 5.74) is -0.950. The molecule has 15 heavy (non-hydrogen) atoms. The Morgan fingerprint density at radius 2 is 1.73 bits per heavy atom. The van der Waals surface area contributed by atoms with Crippen molar-refractivity contribution in [3.8, 4) is 0 Å². The number of nitrogens with zero attached hydrogens (tertiary/aromatic N) is 1. The van der Waals surface area contributed by atoms with Crippen molar-refractivity contribution in [2.24, 2.45) is 5.41 Å². The van der Waals surface area contributed by atoms with Crippen LogP contribution in [0.2, 0.25) is 0 Å². The predicted octanol–water partition coefficient (Wildman–Crippen LogP) is 1.50. The number of carboxylic acids is 1. The summed E-state index contributed by atoms with van der Waals surface area (Å²) in [5.74, 6) is -0.935. The Bertz CT molecular complexity index is 255. The van der Waals surface area contributed by atoms with Crippen LogP contribution in [0.1, 0.15) is 39.5 Å². The summed E-state index contributed by atoms with van der Waals surface area (Å²) in [7, 11) is 0. The number of carbonyl (C=O) groups is 2. The first kappa shape index (κ1) is 12.0. The summed E-state index contributed by atoms with van der Waals surface area (Å²) in [6, 6.07) is 0. The van der Waals surface area contributed by atoms with Crippen LogP contribution in [-0.2, 0) is 9.59 Å². The van der Waals surface area contributed by atoms with E-state index in [0.29, 0.717) is 0 Å². The van der Waals surface area contributed by atoms with Gasteiger partial charge >= 0.3 is 5.97 Å². The van der Waals surface area contributed by atoms with Crippen LogP contribution in [0.15, 0.2) is 0 Å². The molecule has 1 amide bonds. The van der Waals surface area contributed by atoms with Gasteiger partial charge in [0.1, 0.15) is 0 Å². The van der Waals surface area contributed by atoms with E-state index in [0.717, 1.165) is 25.9 Å². The lowest BCUT2D eigenvalue weighted by molar-refractivity contribution is -0.151. The highest BCUT2D eigenvalue weighted by molar-refractivity contribution is 5.84. The minimum absolute atomic E-state index is 0.0258. The van der Waals surface area contributed by atoms with E-state index in [-0.39, 0.29) is 12.3 Å². The zero-order chi connectivity index (χ0) is 11.5. The normalized spacial score (nSPS) is 17.6. The lowest BCUT2D eigenvalue weighted by Crippen LogP contribution is -2.39. The molecule has 0 aromatic carbocycles. The highest BCUT2D eigenvalue weighted by Crippen LogP contribution is 2.22. The quantitative estimate of drug-likeness (QED) is 0.773. The van der Waals surface area contributed by atoms with E-state index >= 15 is 0 Å². The van der Waals surface area contributed by atoms with Gasteiger partial charge < -0.3 is 10.0 Å². The minimum atomic E-state index is -0.950. The summed E-state index contributed by atoms with van der Waals surface area (Å²) >= 11 is 0. The molecule has 0 aromatic heterocycles. The third-order valence-corrected chi connectivity index (χ3v) is 2.88. The summed E-state index contributed by atoms with van der Waals surface area (Å²) in [5, 5.41) is 8.92. The van der Waals surface area contributed by atoms with E-state index < -0.39 is 11.4 Å². The van der Waals surface area contributed by atoms with Gasteiger partial charge in [0.2, 0.25) is 5.91 Å². The van der Waals surface area contributed by atoms with E-state index in [1.54, 1.807) is 18.7 Å². The standard InChI is InChI=1S/C11H19NO3/c1-11(2,10(14)15)8-9(13)12-6-4-3-5-7-12/h3-8H2,1-2H3,(H,14,15). The van der Waals surface area contributed by atoms with Crippen molar-refractivity contribution in [3.05, 3.63) is 0 Å². The minimum Gasteiger partial charge on any atom is -0.481 e. The van der Waals surface area contributed by atoms with Gasteiger partial charge in [0.25, 0.3) is 0 Å². The smallest absolute Gasteiger partial charge is 0.309 e. The second kappa shape index (κ2) is 4.64. The molecule has 0 atom stereocenters. The first-order chi connectivity index (χ1) is 6.93. The number of aliphatic carboxylic acids is 1. The molecule has 1 saturated heterocycles. The van der Waals surface area contributed by atoms with Crippen LogP contribution in [-0.4, -0.2) is 35.0 Å². The molecule has 4 heteroatoms. The summed E-state index contributed by atoms with van der Waals surface area (Å²) < 4.78 is 0. The van der Waals surface area contributed by atoms with Crippen molar-refractivity contribution >= 4 is 11.9 Å². The molecule has 0 aromatic rings. The van der Waals surface area contributed by atoms with Crippen molar-refractivity contribution in [1.82, 2.24) is 4.90 Å². The monoisotopic (exact) mass is 213 g/mol. The van der Waals surface area contributed by atoms with Gasteiger partial charge in [-0.1, -0.05) is 0 Å². The van der Waals surface area contributed by atoms with Crippen molar-refractivity contribution in [3.63, 3.8) is 0 Å². The molecule has 4 nitrogen and oxygen atoms in total. The highest BCUT2D eigenvalue weighted by Gasteiger charge is 2.32. The fraction of sp³-hybridized carbons (Fsp3) is 0.818. The van der Waals surface area contributed by atoms with E-state index in [4.69, 9.17) is 5.11 Å². The maximum Gasteiger partial charge on any atom is 0.309 e. The second-order valence-corrected chi connectivity index (χ2v) is 4.81. The van der Waals surface area contributed by atoms with Gasteiger partial charge in [-0.3, -0.25) is 9.59 Å². The average Bonchev–Trinajstić information content (AvgIpc) is 2.18. The second-order valence-electron chi connectivity index (χ2n) is 4.81. The third kappa shape index (κ3) is 3.22. The van der Waals surface area contributed by atoms with Crippen molar-refractivity contribution < 1.29 is 14.7 Å². The molecule has 1 aliphatic heterocycles. The third-order valence-electron chi connectivity index (χ3n) is 2.88. The molecule has 1 fully saturated rings. The summed E-state index contributed by atoms with van der Waals surface area (Å²) in [6.07, 6.45) is 3.35. The van der Waals surface area contributed by atoms with E-state index in [1.807, 2.05) is 0 Å². The molecule has 1 rings (SSSR count). The van der Waals surface area contributed by atoms with Crippen LogP contribution in [0.4, 0.5) is 0 Å². The number of amides is 1. The molecule has 0 spiro atoms. The molecular formula is C11H19NO3. The molecule has 0 aliphatic carbocycles. The molecule has 1 N–H and O–H groups in total. The summed E-state index contributed by atoms with van der Waals surface area (Å²) in [4.78, 5) is 24.4. The van der Waals surface area contributed by atoms with Gasteiger partial charge in [0.05, 0.1) is 5.41 Å². The molecule has 1 heterocycles. The Morgan fingerprint density at radius 3 is 2.20 bits per heavy atom. The van der Waals surface area contributed by atoms with Gasteiger partial charge in [0, 0.05) is 19.5 Å². The number of rotatable bonds is 3. The zero-order valence-electron chi connectivity index (χ0n) is 9.45. The fourth-order valence-corrected chi connectivity index (χ4v) is 1.71. The van der Waals surface area contributed by atoms with Gasteiger partial charge in [-0.2, -0.15) is 0 Å². The Hall–Kier alpha value is -1.06. The first-order valence-corrected chi connectivity index (χ1v) is 5.45. The SMILES string of the molecule is CC(C)(CC(=O)N1CCCCC1)C(=O)O. The van der Waals surface area contributed by atoms with Gasteiger partial charge in [-0.25, -0.2) is 0 Å². The molecule has 1 aliphatic rings. The topological polar surface area (TPSA) is 57.6 Å². The predicted molar refractivity (Wildman–Crippen MR) is 56.5 cm³/mol. The fourth-order valence-electron chi connectivity index (χ4n) is 1.71. The molecular weight excluding hydrogens is 194 g/mol. The van der Waals surface area contributed by atoms with Gasteiger partial charge in [-0.05, 0) is 33.1 Å². The molecule has 0 saturated carbocycles. The molecule has 0 radical (unpaired) electrons. The number of carboxylic acid groups (broad SMARTS) is 1. The summed E-state index contributed by atoms with van der Waals surface area (Å²) in [6.45, 7) is 4.76. The largest absolute Gasteiger partial charge is 0.481 e. The highest BCUT2D eigenvalue weighted by atomic mass is 16.4. The Labute approximate surface area is 90.3 Å². The van der Waals surface area contributed by atoms with Crippen molar-refractivity contribution in [1.29, 1.82) is 0 Å². The molecule has 0 unspecified atom stereocenters. The van der Waals surface area contributed by atoms with Crippen LogP contribution in [0, 0.1) is 5.41 Å². The zero-order valence-corrected chi connectivity index (χ0v) is 9.45. The Balaban J connectivity index is 2.50. The molecule has 86 valence electrons. The number of carbonyl (C=O) groups excluding carboxylic acids is 1. The maximum absolute atomic E-state index is 11.8. The van der Waals surface area contributed by atoms with Crippen molar-refractivity contribution in [2.75, 3.05) is 13.1 Å². The van der Waals surface area contributed by atoms with Crippen LogP contribution < -0.4 is 0 Å². The first-order valence-electron chi connectivity index (χ1n) is 5.45. The number of hydrogen-bond acceptors (Lipinski definition) is 2. The lowest BCUT2D eigenvalue weighted by Gasteiger charge is -2.29.